The molecular weight excluding hydrogens is 283 g/mol. The Balaban J connectivity index is 0.000000585. The average molecular weight is 317 g/mol. The molecule has 2 atom stereocenters. The monoisotopic (exact) mass is 317 g/mol. The van der Waals surface area contributed by atoms with Crippen LogP contribution in [0.2, 0.25) is 0 Å². The van der Waals surface area contributed by atoms with E-state index in [0.717, 1.165) is 23.0 Å². The van der Waals surface area contributed by atoms with Crippen LogP contribution >= 0.6 is 0 Å². The molecule has 1 radical (unpaired) electrons. The predicted octanol–water partition coefficient (Wildman–Crippen LogP) is 4.82. The molecule has 1 N–H and O–H groups in total. The summed E-state index contributed by atoms with van der Waals surface area (Å²) in [4.78, 5) is 11.2. The van der Waals surface area contributed by atoms with Crippen molar-refractivity contribution in [2.75, 3.05) is 0 Å². The molecule has 0 spiro atoms. The minimum absolute atomic E-state index is 0.0404. The maximum atomic E-state index is 11.2. The molecule has 1 aromatic carbocycles. The van der Waals surface area contributed by atoms with Crippen molar-refractivity contribution in [2.24, 2.45) is 17.8 Å². The Morgan fingerprint density at radius 1 is 1.13 bits per heavy atom. The van der Waals surface area contributed by atoms with Crippen LogP contribution in [0.1, 0.15) is 71.8 Å². The SMILES string of the molecule is CC(=O)[B]C(c1cccc(CO)c1)C(C)C.CCC(C)C(C)C. The molecule has 2 unspecified atom stereocenters. The van der Waals surface area contributed by atoms with E-state index in [2.05, 4.69) is 41.5 Å². The van der Waals surface area contributed by atoms with Crippen molar-refractivity contribution in [2.45, 2.75) is 67.3 Å². The van der Waals surface area contributed by atoms with Gasteiger partial charge in [0.2, 0.25) is 7.28 Å². The van der Waals surface area contributed by atoms with Gasteiger partial charge in [0.15, 0.2) is 0 Å². The zero-order chi connectivity index (χ0) is 18.0. The van der Waals surface area contributed by atoms with Crippen LogP contribution in [0.5, 0.6) is 0 Å². The lowest BCUT2D eigenvalue weighted by molar-refractivity contribution is -0.110. The summed E-state index contributed by atoms with van der Waals surface area (Å²) < 4.78 is 0. The number of rotatable bonds is 7. The molecule has 0 amide bonds. The van der Waals surface area contributed by atoms with Crippen LogP contribution in [0.4, 0.5) is 0 Å². The molecule has 3 heteroatoms. The largest absolute Gasteiger partial charge is 0.392 e. The first-order valence-corrected chi connectivity index (χ1v) is 8.77. The van der Waals surface area contributed by atoms with Gasteiger partial charge < -0.3 is 9.90 Å². The molecule has 0 aliphatic heterocycles. The quantitative estimate of drug-likeness (QED) is 0.732. The lowest BCUT2D eigenvalue weighted by Crippen LogP contribution is -2.20. The molecule has 0 fully saturated rings. The topological polar surface area (TPSA) is 37.3 Å². The van der Waals surface area contributed by atoms with Crippen molar-refractivity contribution in [3.8, 4) is 0 Å². The third kappa shape index (κ3) is 8.95. The molecule has 0 saturated heterocycles. The number of carbonyl (C=O) groups excluding carboxylic acids is 1. The van der Waals surface area contributed by atoms with E-state index >= 15 is 0 Å². The van der Waals surface area contributed by atoms with Crippen molar-refractivity contribution in [3.63, 3.8) is 0 Å². The highest BCUT2D eigenvalue weighted by atomic mass is 16.3. The highest BCUT2D eigenvalue weighted by molar-refractivity contribution is 6.74. The Labute approximate surface area is 143 Å². The van der Waals surface area contributed by atoms with Gasteiger partial charge in [-0.1, -0.05) is 77.8 Å². The molecule has 0 aromatic heterocycles. The van der Waals surface area contributed by atoms with Crippen LogP contribution in [0.15, 0.2) is 24.3 Å². The van der Waals surface area contributed by atoms with Crippen molar-refractivity contribution in [1.29, 1.82) is 0 Å². The van der Waals surface area contributed by atoms with Gasteiger partial charge in [-0.05, 0) is 36.1 Å². The second-order valence-electron chi connectivity index (χ2n) is 7.08. The first-order valence-electron chi connectivity index (χ1n) is 8.77. The Hall–Kier alpha value is -1.09. The molecule has 0 bridgehead atoms. The van der Waals surface area contributed by atoms with Gasteiger partial charge in [-0.15, -0.1) is 0 Å². The summed E-state index contributed by atoms with van der Waals surface area (Å²) >= 11 is 0. The number of aliphatic hydroxyl groups excluding tert-OH is 1. The maximum Gasteiger partial charge on any atom is 0.210 e. The summed E-state index contributed by atoms with van der Waals surface area (Å²) in [6, 6.07) is 7.77. The summed E-state index contributed by atoms with van der Waals surface area (Å²) in [7, 11) is 1.75. The van der Waals surface area contributed by atoms with Gasteiger partial charge in [0.05, 0.1) is 12.3 Å². The highest BCUT2D eigenvalue weighted by Crippen LogP contribution is 2.24. The smallest absolute Gasteiger partial charge is 0.210 e. The first-order chi connectivity index (χ1) is 10.7. The van der Waals surface area contributed by atoms with E-state index in [1.165, 1.54) is 6.42 Å². The molecule has 1 rings (SSSR count). The van der Waals surface area contributed by atoms with E-state index in [9.17, 15) is 4.79 Å². The van der Waals surface area contributed by atoms with Gasteiger partial charge in [-0.25, -0.2) is 0 Å². The predicted molar refractivity (Wildman–Crippen MR) is 101 cm³/mol. The standard InChI is InChI=1S/C13H18BO2.C7H16/c1-9(2)13(14-10(3)16)12-6-4-5-11(7-12)8-15;1-5-7(4)6(2)3/h4-7,9,13,15H,8H2,1-3H3;6-7H,5H2,1-4H3. The van der Waals surface area contributed by atoms with Crippen molar-refractivity contribution in [1.82, 2.24) is 0 Å². The van der Waals surface area contributed by atoms with Crippen molar-refractivity contribution in [3.05, 3.63) is 35.4 Å². The van der Waals surface area contributed by atoms with Crippen LogP contribution in [-0.4, -0.2) is 18.1 Å². The number of aliphatic hydroxyl groups is 1. The number of benzene rings is 1. The van der Waals surface area contributed by atoms with Crippen LogP contribution in [0.3, 0.4) is 0 Å². The van der Waals surface area contributed by atoms with Gasteiger partial charge >= 0.3 is 0 Å². The first kappa shape index (κ1) is 21.9. The van der Waals surface area contributed by atoms with Crippen LogP contribution < -0.4 is 0 Å². The zero-order valence-electron chi connectivity index (χ0n) is 16.0. The summed E-state index contributed by atoms with van der Waals surface area (Å²) in [5.74, 6) is 2.27. The Morgan fingerprint density at radius 3 is 2.09 bits per heavy atom. The van der Waals surface area contributed by atoms with Gasteiger partial charge in [-0.2, -0.15) is 0 Å². The second-order valence-corrected chi connectivity index (χ2v) is 7.08. The minimum atomic E-state index is 0.0404. The average Bonchev–Trinajstić information content (AvgIpc) is 2.51. The van der Waals surface area contributed by atoms with Gasteiger partial charge in [0.1, 0.15) is 0 Å². The molecule has 2 nitrogen and oxygen atoms in total. The molecule has 23 heavy (non-hydrogen) atoms. The van der Waals surface area contributed by atoms with E-state index in [0.29, 0.717) is 5.92 Å². The second kappa shape index (κ2) is 11.5. The van der Waals surface area contributed by atoms with Crippen molar-refractivity contribution >= 4 is 13.0 Å². The number of hydrogen-bond donors (Lipinski definition) is 1. The fraction of sp³-hybridized carbons (Fsp3) is 0.650. The molecule has 129 valence electrons. The number of carbonyl (C=O) groups is 1. The van der Waals surface area contributed by atoms with Gasteiger partial charge in [0.25, 0.3) is 0 Å². The molecule has 0 heterocycles. The van der Waals surface area contributed by atoms with E-state index in [-0.39, 0.29) is 18.1 Å². The third-order valence-electron chi connectivity index (χ3n) is 4.43. The molecule has 0 aliphatic rings. The van der Waals surface area contributed by atoms with E-state index < -0.39 is 0 Å². The number of hydrogen-bond acceptors (Lipinski definition) is 2. The Kier molecular flexibility index (Phi) is 10.9. The summed E-state index contributed by atoms with van der Waals surface area (Å²) in [5, 5.41) is 9.09. The normalized spacial score (nSPS) is 13.3. The lowest BCUT2D eigenvalue weighted by Gasteiger charge is -2.19. The zero-order valence-corrected chi connectivity index (χ0v) is 16.0. The van der Waals surface area contributed by atoms with Gasteiger partial charge in [0, 0.05) is 0 Å². The summed E-state index contributed by atoms with van der Waals surface area (Å²) in [5.41, 5.74) is 2.07. The van der Waals surface area contributed by atoms with E-state index in [4.69, 9.17) is 5.11 Å². The fourth-order valence-corrected chi connectivity index (χ4v) is 2.30. The summed E-state index contributed by atoms with van der Waals surface area (Å²) in [6.07, 6.45) is 1.32. The van der Waals surface area contributed by atoms with E-state index in [1.807, 2.05) is 24.3 Å². The molecule has 0 saturated carbocycles. The minimum Gasteiger partial charge on any atom is -0.392 e. The summed E-state index contributed by atoms with van der Waals surface area (Å²) in [6.45, 7) is 14.9. The Bertz CT molecular complexity index is 455. The molecule has 1 aromatic rings. The molecular formula is C20H34BO2. The molecule has 0 aliphatic carbocycles. The van der Waals surface area contributed by atoms with Crippen LogP contribution in [0, 0.1) is 17.8 Å². The Morgan fingerprint density at radius 2 is 1.74 bits per heavy atom. The lowest BCUT2D eigenvalue weighted by atomic mass is 9.55. The maximum absolute atomic E-state index is 11.2. The van der Waals surface area contributed by atoms with Crippen LogP contribution in [0.25, 0.3) is 0 Å². The van der Waals surface area contributed by atoms with Crippen molar-refractivity contribution < 1.29 is 9.90 Å². The highest BCUT2D eigenvalue weighted by Gasteiger charge is 2.19. The third-order valence-corrected chi connectivity index (χ3v) is 4.43. The van der Waals surface area contributed by atoms with Gasteiger partial charge in [-0.3, -0.25) is 0 Å². The van der Waals surface area contributed by atoms with E-state index in [1.54, 1.807) is 14.2 Å². The van der Waals surface area contributed by atoms with Crippen LogP contribution in [-0.2, 0) is 11.4 Å². The fourth-order valence-electron chi connectivity index (χ4n) is 2.30.